The third-order valence-corrected chi connectivity index (χ3v) is 2.57. The van der Waals surface area contributed by atoms with Crippen LogP contribution in [-0.2, 0) is 9.47 Å². The van der Waals surface area contributed by atoms with Crippen LogP contribution in [0.2, 0.25) is 0 Å². The van der Waals surface area contributed by atoms with E-state index < -0.39 is 0 Å². The van der Waals surface area contributed by atoms with Crippen molar-refractivity contribution in [2.24, 2.45) is 11.8 Å². The Balaban J connectivity index is 2.01. The van der Waals surface area contributed by atoms with E-state index in [0.717, 1.165) is 13.2 Å². The Morgan fingerprint density at radius 3 is 3.00 bits per heavy atom. The highest BCUT2D eigenvalue weighted by atomic mass is 16.7. The lowest BCUT2D eigenvalue weighted by molar-refractivity contribution is -0.151. The van der Waals surface area contributed by atoms with Crippen LogP contribution in [0.4, 0.5) is 0 Å². The lowest BCUT2D eigenvalue weighted by Gasteiger charge is -2.25. The summed E-state index contributed by atoms with van der Waals surface area (Å²) in [5.74, 6) is 1.40. The van der Waals surface area contributed by atoms with Gasteiger partial charge in [-0.1, -0.05) is 6.92 Å². The van der Waals surface area contributed by atoms with Gasteiger partial charge in [0.05, 0.1) is 6.61 Å². The molecule has 10 heavy (non-hydrogen) atoms. The van der Waals surface area contributed by atoms with E-state index in [1.54, 1.807) is 0 Å². The summed E-state index contributed by atoms with van der Waals surface area (Å²) in [6, 6.07) is 0. The van der Waals surface area contributed by atoms with Crippen molar-refractivity contribution in [3.05, 3.63) is 0 Å². The summed E-state index contributed by atoms with van der Waals surface area (Å²) >= 11 is 0. The lowest BCUT2D eigenvalue weighted by atomic mass is 9.91. The summed E-state index contributed by atoms with van der Waals surface area (Å²) in [6.07, 6.45) is 2.66. The predicted octanol–water partition coefficient (Wildman–Crippen LogP) is 1.41. The first-order valence-electron chi connectivity index (χ1n) is 4.11. The van der Waals surface area contributed by atoms with Crippen LogP contribution in [0.1, 0.15) is 19.8 Å². The van der Waals surface area contributed by atoms with Crippen LogP contribution < -0.4 is 0 Å². The van der Waals surface area contributed by atoms with Gasteiger partial charge in [0.25, 0.3) is 0 Å². The molecule has 0 aromatic carbocycles. The van der Waals surface area contributed by atoms with E-state index in [1.807, 2.05) is 0 Å². The molecule has 0 bridgehead atoms. The van der Waals surface area contributed by atoms with E-state index in [2.05, 4.69) is 6.92 Å². The maximum atomic E-state index is 5.45. The number of ether oxygens (including phenoxy) is 2. The number of rotatable bonds is 0. The fraction of sp³-hybridized carbons (Fsp3) is 1.00. The van der Waals surface area contributed by atoms with E-state index in [4.69, 9.17) is 9.47 Å². The Kier molecular flexibility index (Phi) is 1.66. The molecule has 2 nitrogen and oxygen atoms in total. The minimum atomic E-state index is 0.142. The molecule has 0 aromatic heterocycles. The highest BCUT2D eigenvalue weighted by molar-refractivity contribution is 4.78. The van der Waals surface area contributed by atoms with Crippen molar-refractivity contribution in [2.45, 2.75) is 26.1 Å². The fourth-order valence-electron chi connectivity index (χ4n) is 1.87. The summed E-state index contributed by atoms with van der Waals surface area (Å²) < 4.78 is 10.9. The molecule has 0 aliphatic carbocycles. The van der Waals surface area contributed by atoms with E-state index in [-0.39, 0.29) is 6.29 Å². The van der Waals surface area contributed by atoms with Crippen molar-refractivity contribution in [3.8, 4) is 0 Å². The molecule has 2 saturated heterocycles. The smallest absolute Gasteiger partial charge is 0.160 e. The molecule has 0 saturated carbocycles. The Hall–Kier alpha value is -0.0800. The first-order valence-corrected chi connectivity index (χ1v) is 4.11. The highest BCUT2D eigenvalue weighted by Gasteiger charge is 2.36. The highest BCUT2D eigenvalue weighted by Crippen LogP contribution is 2.34. The molecule has 2 fully saturated rings. The van der Waals surface area contributed by atoms with Crippen LogP contribution in [0, 0.1) is 11.8 Å². The summed E-state index contributed by atoms with van der Waals surface area (Å²) in [7, 11) is 0. The van der Waals surface area contributed by atoms with Crippen LogP contribution in [0.25, 0.3) is 0 Å². The third-order valence-electron chi connectivity index (χ3n) is 2.57. The van der Waals surface area contributed by atoms with Crippen molar-refractivity contribution in [2.75, 3.05) is 13.2 Å². The molecular formula is C8H14O2. The van der Waals surface area contributed by atoms with Gasteiger partial charge in [-0.25, -0.2) is 0 Å². The fourth-order valence-corrected chi connectivity index (χ4v) is 1.87. The Morgan fingerprint density at radius 2 is 2.20 bits per heavy atom. The van der Waals surface area contributed by atoms with Gasteiger partial charge < -0.3 is 9.47 Å². The van der Waals surface area contributed by atoms with Crippen molar-refractivity contribution in [1.82, 2.24) is 0 Å². The first kappa shape index (κ1) is 6.62. The maximum Gasteiger partial charge on any atom is 0.160 e. The van der Waals surface area contributed by atoms with Gasteiger partial charge in [-0.05, 0) is 18.8 Å². The first-order chi connectivity index (χ1) is 4.88. The lowest BCUT2D eigenvalue weighted by Crippen LogP contribution is -2.27. The van der Waals surface area contributed by atoms with Gasteiger partial charge in [0.1, 0.15) is 0 Å². The molecule has 2 aliphatic heterocycles. The Morgan fingerprint density at radius 1 is 1.30 bits per heavy atom. The molecule has 0 N–H and O–H groups in total. The Bertz CT molecular complexity index is 122. The molecule has 0 aromatic rings. The molecule has 2 aliphatic rings. The zero-order valence-electron chi connectivity index (χ0n) is 6.38. The van der Waals surface area contributed by atoms with E-state index >= 15 is 0 Å². The minimum absolute atomic E-state index is 0.142. The van der Waals surface area contributed by atoms with Gasteiger partial charge in [-0.15, -0.1) is 0 Å². The van der Waals surface area contributed by atoms with Crippen LogP contribution >= 0.6 is 0 Å². The third kappa shape index (κ3) is 0.956. The largest absolute Gasteiger partial charge is 0.352 e. The van der Waals surface area contributed by atoms with Gasteiger partial charge in [-0.3, -0.25) is 0 Å². The van der Waals surface area contributed by atoms with Gasteiger partial charge in [0.2, 0.25) is 0 Å². The van der Waals surface area contributed by atoms with Crippen LogP contribution in [-0.4, -0.2) is 19.5 Å². The van der Waals surface area contributed by atoms with Crippen LogP contribution in [0.15, 0.2) is 0 Å². The second kappa shape index (κ2) is 2.51. The summed E-state index contributed by atoms with van der Waals surface area (Å²) in [5, 5.41) is 0. The standard InChI is InChI=1S/C8H14O2/c1-6-5-10-8-7(6)3-2-4-9-8/h6-8H,2-5H2,1H3/t6-,7-,8+/m1/s1. The van der Waals surface area contributed by atoms with Crippen LogP contribution in [0.3, 0.4) is 0 Å². The second-order valence-electron chi connectivity index (χ2n) is 3.36. The average molecular weight is 142 g/mol. The predicted molar refractivity (Wildman–Crippen MR) is 37.6 cm³/mol. The van der Waals surface area contributed by atoms with Crippen molar-refractivity contribution >= 4 is 0 Å². The molecule has 2 heterocycles. The minimum Gasteiger partial charge on any atom is -0.352 e. The van der Waals surface area contributed by atoms with Crippen molar-refractivity contribution in [1.29, 1.82) is 0 Å². The van der Waals surface area contributed by atoms with E-state index in [0.29, 0.717) is 11.8 Å². The molecule has 0 spiro atoms. The van der Waals surface area contributed by atoms with Gasteiger partial charge in [0.15, 0.2) is 6.29 Å². The summed E-state index contributed by atoms with van der Waals surface area (Å²) in [5.41, 5.74) is 0. The zero-order valence-corrected chi connectivity index (χ0v) is 6.38. The topological polar surface area (TPSA) is 18.5 Å². The van der Waals surface area contributed by atoms with Crippen molar-refractivity contribution in [3.63, 3.8) is 0 Å². The molecular weight excluding hydrogens is 128 g/mol. The Labute approximate surface area is 61.5 Å². The molecule has 2 rings (SSSR count). The molecule has 3 atom stereocenters. The van der Waals surface area contributed by atoms with E-state index in [1.165, 1.54) is 12.8 Å². The quantitative estimate of drug-likeness (QED) is 0.509. The monoisotopic (exact) mass is 142 g/mol. The van der Waals surface area contributed by atoms with Gasteiger partial charge in [-0.2, -0.15) is 0 Å². The summed E-state index contributed by atoms with van der Waals surface area (Å²) in [6.45, 7) is 4.04. The van der Waals surface area contributed by atoms with E-state index in [9.17, 15) is 0 Å². The molecule has 0 radical (unpaired) electrons. The normalized spacial score (nSPS) is 47.1. The second-order valence-corrected chi connectivity index (χ2v) is 3.36. The summed E-state index contributed by atoms with van der Waals surface area (Å²) in [4.78, 5) is 0. The molecule has 58 valence electrons. The number of hydrogen-bond acceptors (Lipinski definition) is 2. The number of hydrogen-bond donors (Lipinski definition) is 0. The zero-order chi connectivity index (χ0) is 6.97. The van der Waals surface area contributed by atoms with Gasteiger partial charge >= 0.3 is 0 Å². The molecule has 0 amide bonds. The van der Waals surface area contributed by atoms with Crippen LogP contribution in [0.5, 0.6) is 0 Å². The molecule has 2 heteroatoms. The van der Waals surface area contributed by atoms with Gasteiger partial charge in [0, 0.05) is 12.5 Å². The SMILES string of the molecule is C[C@@H]1CO[C@@H]2OCCC[C@@H]21. The maximum absolute atomic E-state index is 5.45. The van der Waals surface area contributed by atoms with Crippen molar-refractivity contribution < 1.29 is 9.47 Å². The molecule has 0 unspecified atom stereocenters. The average Bonchev–Trinajstić information content (AvgIpc) is 2.34. The number of fused-ring (bicyclic) bond motifs is 1.